The van der Waals surface area contributed by atoms with Crippen LogP contribution >= 0.6 is 7.60 Å². The Kier molecular flexibility index (Phi) is 6.47. The number of unbranched alkanes of at least 4 members (excludes halogenated alkanes) is 1. The van der Waals surface area contributed by atoms with Gasteiger partial charge in [0.15, 0.2) is 5.78 Å². The van der Waals surface area contributed by atoms with Crippen molar-refractivity contribution < 1.29 is 19.1 Å². The zero-order chi connectivity index (χ0) is 18.9. The van der Waals surface area contributed by atoms with E-state index in [1.807, 2.05) is 47.6 Å². The minimum Gasteiger partial charge on any atom is -0.324 e. The number of Topliss-reactive ketones (excluding diaryl/α,β-unsaturated/α-hetero) is 1. The van der Waals surface area contributed by atoms with Gasteiger partial charge in [-0.2, -0.15) is 0 Å². The van der Waals surface area contributed by atoms with Gasteiger partial charge < -0.3 is 9.79 Å². The Morgan fingerprint density at radius 2 is 1.67 bits per heavy atom. The van der Waals surface area contributed by atoms with Gasteiger partial charge in [-0.15, -0.1) is 0 Å². The Hall–Kier alpha value is -0.700. The first-order chi connectivity index (χ1) is 10.7. The van der Waals surface area contributed by atoms with Gasteiger partial charge >= 0.3 is 7.60 Å². The van der Waals surface area contributed by atoms with Crippen LogP contribution in [0.15, 0.2) is 22.8 Å². The lowest BCUT2D eigenvalue weighted by Gasteiger charge is -2.38. The number of hydrogen-bond donors (Lipinski definition) is 2. The van der Waals surface area contributed by atoms with E-state index in [2.05, 4.69) is 6.92 Å². The van der Waals surface area contributed by atoms with Gasteiger partial charge in [0, 0.05) is 11.5 Å². The number of allylic oxidation sites excluding steroid dienone is 4. The quantitative estimate of drug-likeness (QED) is 0.689. The molecule has 0 aromatic rings. The average molecular weight is 356 g/mol. The number of carbonyl (C=O) groups is 1. The van der Waals surface area contributed by atoms with Crippen LogP contribution in [0.3, 0.4) is 0 Å². The van der Waals surface area contributed by atoms with Gasteiger partial charge in [0.2, 0.25) is 0 Å². The Morgan fingerprint density at radius 3 is 2.04 bits per heavy atom. The normalized spacial score (nSPS) is 20.5. The van der Waals surface area contributed by atoms with Crippen molar-refractivity contribution in [2.75, 3.05) is 6.16 Å². The van der Waals surface area contributed by atoms with Gasteiger partial charge in [0.05, 0.1) is 6.16 Å². The summed E-state index contributed by atoms with van der Waals surface area (Å²) in [5.74, 6) is -0.241. The Morgan fingerprint density at radius 1 is 1.12 bits per heavy atom. The highest BCUT2D eigenvalue weighted by molar-refractivity contribution is 7.52. The molecule has 0 bridgehead atoms. The molecule has 1 atom stereocenters. The molecule has 1 unspecified atom stereocenters. The maximum atomic E-state index is 13.2. The van der Waals surface area contributed by atoms with Crippen molar-refractivity contribution >= 4 is 13.4 Å². The third-order valence-electron chi connectivity index (χ3n) is 4.43. The minimum atomic E-state index is -4.19. The zero-order valence-electron chi connectivity index (χ0n) is 16.1. The Bertz CT molecular complexity index is 594. The summed E-state index contributed by atoms with van der Waals surface area (Å²) >= 11 is 0. The lowest BCUT2D eigenvalue weighted by atomic mass is 9.65. The first-order valence-electron chi connectivity index (χ1n) is 8.72. The molecule has 5 heteroatoms. The predicted molar refractivity (Wildman–Crippen MR) is 99.0 cm³/mol. The van der Waals surface area contributed by atoms with Gasteiger partial charge in [0.25, 0.3) is 0 Å². The molecule has 0 aromatic carbocycles. The summed E-state index contributed by atoms with van der Waals surface area (Å²) in [5, 5.41) is 0. The summed E-state index contributed by atoms with van der Waals surface area (Å²) in [7, 11) is -4.19. The van der Waals surface area contributed by atoms with E-state index in [9.17, 15) is 19.1 Å². The summed E-state index contributed by atoms with van der Waals surface area (Å²) in [6.07, 6.45) is 4.10. The first-order valence-corrected chi connectivity index (χ1v) is 10.5. The van der Waals surface area contributed by atoms with E-state index in [0.717, 1.165) is 24.0 Å². The largest absolute Gasteiger partial charge is 0.329 e. The molecular weight excluding hydrogens is 323 g/mol. The van der Waals surface area contributed by atoms with Gasteiger partial charge in [-0.05, 0) is 34.8 Å². The molecule has 4 nitrogen and oxygen atoms in total. The van der Waals surface area contributed by atoms with Crippen LogP contribution in [0, 0.1) is 16.7 Å². The molecule has 0 amide bonds. The summed E-state index contributed by atoms with van der Waals surface area (Å²) < 4.78 is 11.7. The van der Waals surface area contributed by atoms with E-state index < -0.39 is 7.60 Å². The van der Waals surface area contributed by atoms with Crippen LogP contribution in [0.1, 0.15) is 67.7 Å². The van der Waals surface area contributed by atoms with Crippen molar-refractivity contribution in [2.24, 2.45) is 16.7 Å². The van der Waals surface area contributed by atoms with Crippen LogP contribution in [-0.4, -0.2) is 21.7 Å². The van der Waals surface area contributed by atoms with Crippen molar-refractivity contribution in [1.29, 1.82) is 0 Å². The molecule has 0 aliphatic heterocycles. The fraction of sp³-hybridized carbons (Fsp3) is 0.737. The van der Waals surface area contributed by atoms with Crippen molar-refractivity contribution in [2.45, 2.75) is 67.7 Å². The van der Waals surface area contributed by atoms with E-state index in [1.165, 1.54) is 0 Å². The topological polar surface area (TPSA) is 74.6 Å². The standard InChI is InChI=1S/C19H33O4P/c1-8-9-10-14-13(12-24(21,22)23)11-15(18(2,3)4)17(20)16(14)19(5,6)7/h11,15H,8-10,12H2,1-7H3,(H2,21,22,23). The maximum absolute atomic E-state index is 13.2. The number of ketones is 1. The van der Waals surface area contributed by atoms with E-state index in [0.29, 0.717) is 12.0 Å². The average Bonchev–Trinajstić information content (AvgIpc) is 2.33. The second kappa shape index (κ2) is 7.27. The molecule has 0 saturated carbocycles. The van der Waals surface area contributed by atoms with E-state index in [4.69, 9.17) is 0 Å². The predicted octanol–water partition coefficient (Wildman–Crippen LogP) is 4.87. The highest BCUT2D eigenvalue weighted by Gasteiger charge is 2.41. The maximum Gasteiger partial charge on any atom is 0.329 e. The molecule has 0 saturated heterocycles. The Labute approximate surface area is 146 Å². The van der Waals surface area contributed by atoms with Gasteiger partial charge in [0.1, 0.15) is 0 Å². The van der Waals surface area contributed by atoms with Crippen LogP contribution in [0.25, 0.3) is 0 Å². The fourth-order valence-electron chi connectivity index (χ4n) is 3.32. The van der Waals surface area contributed by atoms with Crippen LogP contribution in [0.5, 0.6) is 0 Å². The number of rotatable bonds is 5. The highest BCUT2D eigenvalue weighted by atomic mass is 31.2. The zero-order valence-corrected chi connectivity index (χ0v) is 17.0. The molecule has 0 aromatic heterocycles. The van der Waals surface area contributed by atoms with Crippen molar-refractivity contribution in [3.05, 3.63) is 22.8 Å². The second-order valence-corrected chi connectivity index (χ2v) is 10.6. The first kappa shape index (κ1) is 21.3. The lowest BCUT2D eigenvalue weighted by Crippen LogP contribution is -2.36. The van der Waals surface area contributed by atoms with Crippen LogP contribution in [-0.2, 0) is 9.36 Å². The fourth-order valence-corrected chi connectivity index (χ4v) is 4.06. The van der Waals surface area contributed by atoms with E-state index >= 15 is 0 Å². The number of carbonyl (C=O) groups excluding carboxylic acids is 1. The monoisotopic (exact) mass is 356 g/mol. The summed E-state index contributed by atoms with van der Waals surface area (Å²) in [5.41, 5.74) is 1.64. The third kappa shape index (κ3) is 5.40. The molecular formula is C19H33O4P. The lowest BCUT2D eigenvalue weighted by molar-refractivity contribution is -0.121. The van der Waals surface area contributed by atoms with Gasteiger partial charge in [-0.3, -0.25) is 9.36 Å². The van der Waals surface area contributed by atoms with E-state index in [1.54, 1.807) is 0 Å². The summed E-state index contributed by atoms with van der Waals surface area (Å²) in [4.78, 5) is 32.2. The summed E-state index contributed by atoms with van der Waals surface area (Å²) in [6.45, 7) is 14.1. The van der Waals surface area contributed by atoms with Crippen molar-refractivity contribution in [3.8, 4) is 0 Å². The van der Waals surface area contributed by atoms with Crippen molar-refractivity contribution in [3.63, 3.8) is 0 Å². The van der Waals surface area contributed by atoms with Crippen LogP contribution in [0.2, 0.25) is 0 Å². The molecule has 0 radical (unpaired) electrons. The molecule has 2 N–H and O–H groups in total. The molecule has 0 heterocycles. The Balaban J connectivity index is 3.58. The van der Waals surface area contributed by atoms with E-state index in [-0.39, 0.29) is 28.7 Å². The smallest absolute Gasteiger partial charge is 0.324 e. The van der Waals surface area contributed by atoms with Gasteiger partial charge in [-0.1, -0.05) is 61.0 Å². The van der Waals surface area contributed by atoms with Crippen molar-refractivity contribution in [1.82, 2.24) is 0 Å². The third-order valence-corrected chi connectivity index (χ3v) is 5.18. The number of hydrogen-bond acceptors (Lipinski definition) is 2. The molecule has 0 spiro atoms. The van der Waals surface area contributed by atoms with Crippen LogP contribution < -0.4 is 0 Å². The minimum absolute atomic E-state index is 0.107. The molecule has 138 valence electrons. The summed E-state index contributed by atoms with van der Waals surface area (Å²) in [6, 6.07) is 0. The molecule has 1 aliphatic rings. The highest BCUT2D eigenvalue weighted by Crippen LogP contribution is 2.48. The molecule has 1 aliphatic carbocycles. The SMILES string of the molecule is CCCCC1=C(C(C)(C)C)C(=O)C(C(C)(C)C)C=C1CP(=O)(O)O. The van der Waals surface area contributed by atoms with Crippen LogP contribution in [0.4, 0.5) is 0 Å². The molecule has 1 rings (SSSR count). The molecule has 24 heavy (non-hydrogen) atoms. The second-order valence-electron chi connectivity index (χ2n) is 8.93. The molecule has 0 fully saturated rings. The van der Waals surface area contributed by atoms with Gasteiger partial charge in [-0.25, -0.2) is 0 Å².